The number of aromatic nitrogens is 3. The van der Waals surface area contributed by atoms with Crippen LogP contribution in [-0.2, 0) is 56.8 Å². The predicted molar refractivity (Wildman–Crippen MR) is 227 cm³/mol. The van der Waals surface area contributed by atoms with Crippen LogP contribution in [0.3, 0.4) is 0 Å². The van der Waals surface area contributed by atoms with E-state index in [1.54, 1.807) is 0 Å². The molecule has 0 atom stereocenters. The monoisotopic (exact) mass is 1840 g/mol. The van der Waals surface area contributed by atoms with Gasteiger partial charge in [0.15, 0.2) is 0 Å². The standard InChI is InChI=1S/C39H24F54N6O15/c1-2-97(3-6-100)11-94-12(98(4-7-101)9-14(40,41)103-20(54,55)22(58,59)107-28(70,71)30(74,75)111-36(86,87)38(90,91)113-34(82,83)32(78,79)109-26(66,67)24(62,63)105-18(50,51)16(44,45)46)96-13(95-11)99(5-8-102)10-15(42,43)104-21(56,57)23(60,61)108-29(72,73)31(76,77)112-37(88,89)39(92,93)114-35(84,85)33(80,81)110-27(68,69)25(64,65)106-19(52,53)17(47,48)49/h100-102H,2-10H2,1H3. The Morgan fingerprint density at radius 1 is 0.202 bits per heavy atom. The number of hydrogen-bond acceptors (Lipinski definition) is 21. The van der Waals surface area contributed by atoms with Crippen LogP contribution in [0.15, 0.2) is 0 Å². The van der Waals surface area contributed by atoms with Crippen molar-refractivity contribution >= 4 is 17.8 Å². The molecule has 0 aromatic carbocycles. The first-order valence-electron chi connectivity index (χ1n) is 25.9. The summed E-state index contributed by atoms with van der Waals surface area (Å²) >= 11 is 0. The lowest BCUT2D eigenvalue weighted by Gasteiger charge is -2.37. The summed E-state index contributed by atoms with van der Waals surface area (Å²) in [7, 11) is 0. The second kappa shape index (κ2) is 32.6. The van der Waals surface area contributed by atoms with Crippen LogP contribution in [0.5, 0.6) is 0 Å². The molecular formula is C39H24F54N6O15. The average Bonchev–Trinajstić information content (AvgIpc) is 0.748. The van der Waals surface area contributed by atoms with Gasteiger partial charge in [-0.3, -0.25) is 0 Å². The molecule has 0 spiro atoms. The van der Waals surface area contributed by atoms with Crippen molar-refractivity contribution < 1.29 is 309 Å². The van der Waals surface area contributed by atoms with E-state index in [0.717, 1.165) is 44.8 Å². The van der Waals surface area contributed by atoms with Gasteiger partial charge in [-0.1, -0.05) is 0 Å². The van der Waals surface area contributed by atoms with Gasteiger partial charge in [-0.2, -0.15) is 252 Å². The summed E-state index contributed by atoms with van der Waals surface area (Å²) in [5, 5.41) is 28.3. The van der Waals surface area contributed by atoms with E-state index in [4.69, 9.17) is 0 Å². The second-order valence-electron chi connectivity index (χ2n) is 19.7. The first kappa shape index (κ1) is 106. The van der Waals surface area contributed by atoms with Crippen LogP contribution >= 0.6 is 0 Å². The van der Waals surface area contributed by atoms with Crippen molar-refractivity contribution in [2.75, 3.05) is 73.8 Å². The van der Waals surface area contributed by atoms with Crippen LogP contribution in [-0.4, -0.2) is 248 Å². The molecule has 678 valence electrons. The van der Waals surface area contributed by atoms with E-state index in [1.165, 1.54) is 9.47 Å². The molecule has 21 nitrogen and oxygen atoms in total. The first-order chi connectivity index (χ1) is 49.4. The molecule has 0 aliphatic heterocycles. The van der Waals surface area contributed by atoms with Crippen LogP contribution in [0.25, 0.3) is 0 Å². The Kier molecular flexibility index (Phi) is 30.4. The molecule has 0 aliphatic carbocycles. The van der Waals surface area contributed by atoms with E-state index in [-0.39, 0.29) is 0 Å². The fourth-order valence-corrected chi connectivity index (χ4v) is 5.83. The highest BCUT2D eigenvalue weighted by Crippen LogP contribution is 2.59. The largest absolute Gasteiger partial charge is 0.483 e. The van der Waals surface area contributed by atoms with Gasteiger partial charge in [-0.15, -0.1) is 0 Å². The van der Waals surface area contributed by atoms with Crippen LogP contribution in [0.1, 0.15) is 6.92 Å². The van der Waals surface area contributed by atoms with Gasteiger partial charge >= 0.3 is 159 Å². The zero-order chi connectivity index (χ0) is 91.4. The molecule has 0 unspecified atom stereocenters. The summed E-state index contributed by atoms with van der Waals surface area (Å²) in [6, 6.07) is 0. The van der Waals surface area contributed by atoms with Crippen molar-refractivity contribution in [1.82, 2.24) is 15.0 Å². The summed E-state index contributed by atoms with van der Waals surface area (Å²) in [5.74, 6) is -5.85. The molecule has 0 saturated carbocycles. The van der Waals surface area contributed by atoms with Crippen LogP contribution < -0.4 is 14.7 Å². The SMILES string of the molecule is CCN(CCO)c1nc(N(CCO)CC(F)(F)OC(F)(F)C(F)(F)OC(F)(F)C(F)(F)OC(F)(F)C(F)(F)OC(F)(F)C(F)(F)OC(F)(F)C(F)(F)OC(F)(F)C(F)(F)F)nc(N(CCO)CC(F)(F)OC(F)(F)C(F)(F)OC(F)(F)C(F)(F)OC(F)(F)C(F)(F)OC(F)(F)C(F)(F)OC(F)(F)C(F)(F)OC(F)(F)C(F)(F)F)n1. The van der Waals surface area contributed by atoms with E-state index >= 15 is 17.6 Å². The molecule has 0 aliphatic rings. The van der Waals surface area contributed by atoms with Crippen LogP contribution in [0.4, 0.5) is 255 Å². The Balaban J connectivity index is 3.77. The fourth-order valence-electron chi connectivity index (χ4n) is 5.83. The summed E-state index contributed by atoms with van der Waals surface area (Å²) < 4.78 is 759. The smallest absolute Gasteiger partial charge is 0.395 e. The Morgan fingerprint density at radius 3 is 0.456 bits per heavy atom. The number of anilines is 3. The number of nitrogens with zero attached hydrogens (tertiary/aromatic N) is 6. The summed E-state index contributed by atoms with van der Waals surface area (Å²) in [5.41, 5.74) is 0. The quantitative estimate of drug-likeness (QED) is 0.0516. The maximum absolute atomic E-state index is 15.3. The van der Waals surface area contributed by atoms with E-state index < -0.39 is 246 Å². The predicted octanol–water partition coefficient (Wildman–Crippen LogP) is 14.8. The van der Waals surface area contributed by atoms with Gasteiger partial charge in [-0.05, 0) is 6.92 Å². The van der Waals surface area contributed by atoms with Gasteiger partial charge < -0.3 is 30.0 Å². The lowest BCUT2D eigenvalue weighted by molar-refractivity contribution is -0.595. The number of likely N-dealkylation sites (N-methyl/N-ethyl adjacent to an activating group) is 1. The number of aliphatic hydroxyl groups excluding tert-OH is 3. The third kappa shape index (κ3) is 24.4. The Hall–Kier alpha value is -5.97. The van der Waals surface area contributed by atoms with Crippen LogP contribution in [0.2, 0.25) is 0 Å². The molecule has 114 heavy (non-hydrogen) atoms. The zero-order valence-corrected chi connectivity index (χ0v) is 51.2. The molecule has 75 heteroatoms. The van der Waals surface area contributed by atoms with Gasteiger partial charge in [0, 0.05) is 26.2 Å². The third-order valence-electron chi connectivity index (χ3n) is 10.9. The Bertz CT molecular complexity index is 3110. The van der Waals surface area contributed by atoms with Crippen molar-refractivity contribution in [1.29, 1.82) is 0 Å². The normalized spacial score (nSPS) is 15.8. The number of alkyl halides is 54. The van der Waals surface area contributed by atoms with Crippen LogP contribution in [0, 0.1) is 0 Å². The minimum absolute atomic E-state index is 0.307. The molecule has 1 aromatic rings. The summed E-state index contributed by atoms with van der Waals surface area (Å²) in [6.45, 7) is -17.1. The van der Waals surface area contributed by atoms with Crippen molar-refractivity contribution in [3.63, 3.8) is 0 Å². The summed E-state index contributed by atoms with van der Waals surface area (Å²) in [6.07, 6.45) is -212. The molecule has 0 fully saturated rings. The lowest BCUT2D eigenvalue weighted by atomic mass is 10.4. The fraction of sp³-hybridized carbons (Fsp3) is 0.923. The molecule has 3 N–H and O–H groups in total. The van der Waals surface area contributed by atoms with Gasteiger partial charge in [0.05, 0.1) is 19.8 Å². The number of halogens is 54. The maximum atomic E-state index is 15.3. The molecule has 1 aromatic heterocycles. The average molecular weight is 1840 g/mol. The molecule has 0 saturated heterocycles. The zero-order valence-electron chi connectivity index (χ0n) is 51.2. The molecule has 1 heterocycles. The number of ether oxygens (including phenoxy) is 12. The number of rotatable bonds is 48. The van der Waals surface area contributed by atoms with Gasteiger partial charge in [0.25, 0.3) is 0 Å². The van der Waals surface area contributed by atoms with Crippen molar-refractivity contribution in [3.05, 3.63) is 0 Å². The Morgan fingerprint density at radius 2 is 0.325 bits per heavy atom. The van der Waals surface area contributed by atoms with E-state index in [1.807, 2.05) is 0 Å². The minimum atomic E-state index is -8.62. The van der Waals surface area contributed by atoms with Gasteiger partial charge in [-0.25, -0.2) is 56.8 Å². The Labute approximate surface area is 582 Å². The lowest BCUT2D eigenvalue weighted by Crippen LogP contribution is -2.62. The molecule has 0 radical (unpaired) electrons. The van der Waals surface area contributed by atoms with E-state index in [9.17, 15) is 235 Å². The minimum Gasteiger partial charge on any atom is -0.395 e. The highest BCUT2D eigenvalue weighted by atomic mass is 19.5. The number of hydrogen-bond donors (Lipinski definition) is 3. The number of aliphatic hydroxyl groups is 3. The molecule has 1 rings (SSSR count). The van der Waals surface area contributed by atoms with E-state index in [2.05, 4.69) is 24.4 Å². The van der Waals surface area contributed by atoms with Crippen molar-refractivity contribution in [2.24, 2.45) is 0 Å². The highest BCUT2D eigenvalue weighted by Gasteiger charge is 2.84. The summed E-state index contributed by atoms with van der Waals surface area (Å²) in [4.78, 5) is 7.70. The first-order valence-corrected chi connectivity index (χ1v) is 25.9. The molecule has 0 bridgehead atoms. The third-order valence-corrected chi connectivity index (χ3v) is 10.9. The van der Waals surface area contributed by atoms with Gasteiger partial charge in [0.2, 0.25) is 17.8 Å². The van der Waals surface area contributed by atoms with Crippen molar-refractivity contribution in [2.45, 2.75) is 166 Å². The molecular weight excluding hydrogens is 1820 g/mol. The van der Waals surface area contributed by atoms with Gasteiger partial charge in [0.1, 0.15) is 13.1 Å². The maximum Gasteiger partial charge on any atom is 0.483 e. The highest BCUT2D eigenvalue weighted by molar-refractivity contribution is 5.47. The van der Waals surface area contributed by atoms with Crippen molar-refractivity contribution in [3.8, 4) is 0 Å². The topological polar surface area (TPSA) is 220 Å². The molecule has 0 amide bonds. The second-order valence-corrected chi connectivity index (χ2v) is 19.7. The van der Waals surface area contributed by atoms with E-state index in [0.29, 0.717) is 4.90 Å².